The van der Waals surface area contributed by atoms with Gasteiger partial charge >= 0.3 is 0 Å². The van der Waals surface area contributed by atoms with Gasteiger partial charge in [0.1, 0.15) is 0 Å². The molecule has 0 aliphatic carbocycles. The molecule has 1 aromatic rings. The molecule has 120 valence electrons. The molecule has 0 spiro atoms. The van der Waals surface area contributed by atoms with E-state index >= 15 is 0 Å². The smallest absolute Gasteiger partial charge is 0.0716 e. The zero-order valence-corrected chi connectivity index (χ0v) is 13.9. The van der Waals surface area contributed by atoms with Crippen molar-refractivity contribution in [1.29, 1.82) is 0 Å². The van der Waals surface area contributed by atoms with Crippen LogP contribution < -0.4 is 0 Å². The summed E-state index contributed by atoms with van der Waals surface area (Å²) in [6.45, 7) is 9.80. The molecule has 1 aromatic heterocycles. The molecule has 0 bridgehead atoms. The van der Waals surface area contributed by atoms with E-state index in [1.54, 1.807) is 0 Å². The van der Waals surface area contributed by atoms with Crippen molar-refractivity contribution in [3.05, 3.63) is 18.0 Å². The van der Waals surface area contributed by atoms with Crippen molar-refractivity contribution in [3.63, 3.8) is 0 Å². The summed E-state index contributed by atoms with van der Waals surface area (Å²) in [6.07, 6.45) is 7.81. The second-order valence-corrected chi connectivity index (χ2v) is 6.45. The minimum absolute atomic E-state index is 0.484. The Morgan fingerprint density at radius 3 is 2.67 bits per heavy atom. The molecule has 0 radical (unpaired) electrons. The molecule has 21 heavy (non-hydrogen) atoms. The molecule has 1 saturated heterocycles. The highest BCUT2D eigenvalue weighted by Gasteiger charge is 2.30. The normalized spacial score (nSPS) is 24.4. The molecule has 2 rings (SSSR count). The molecule has 1 aliphatic rings. The molecule has 1 atom stereocenters. The minimum Gasteiger partial charge on any atom is -0.389 e. The average molecular weight is 293 g/mol. The van der Waals surface area contributed by atoms with E-state index in [1.165, 1.54) is 0 Å². The van der Waals surface area contributed by atoms with Crippen LogP contribution >= 0.6 is 0 Å². The molecule has 1 fully saturated rings. The van der Waals surface area contributed by atoms with Crippen LogP contribution in [0.2, 0.25) is 0 Å². The molecule has 2 heterocycles. The van der Waals surface area contributed by atoms with Gasteiger partial charge < -0.3 is 10.0 Å². The molecule has 1 unspecified atom stereocenters. The summed E-state index contributed by atoms with van der Waals surface area (Å²) in [5, 5.41) is 15.6. The van der Waals surface area contributed by atoms with E-state index in [9.17, 15) is 5.11 Å². The number of aromatic nitrogens is 2. The predicted octanol–water partition coefficient (Wildman–Crippen LogP) is 3.02. The lowest BCUT2D eigenvalue weighted by molar-refractivity contribution is 0.0247. The van der Waals surface area contributed by atoms with E-state index in [-0.39, 0.29) is 0 Å². The van der Waals surface area contributed by atoms with Crippen molar-refractivity contribution in [2.24, 2.45) is 0 Å². The first-order valence-corrected chi connectivity index (χ1v) is 8.59. The van der Waals surface area contributed by atoms with Gasteiger partial charge in [-0.1, -0.05) is 20.8 Å². The summed E-state index contributed by atoms with van der Waals surface area (Å²) in [4.78, 5) is 2.43. The van der Waals surface area contributed by atoms with E-state index in [0.29, 0.717) is 12.5 Å². The zero-order chi connectivity index (χ0) is 15.3. The lowest BCUT2D eigenvalue weighted by Crippen LogP contribution is -2.33. The fourth-order valence-corrected chi connectivity index (χ4v) is 3.40. The Labute approximate surface area is 129 Å². The molecule has 0 saturated carbocycles. The maximum absolute atomic E-state index is 10.9. The number of nitrogens with zero attached hydrogens (tertiary/aromatic N) is 3. The van der Waals surface area contributed by atoms with Crippen molar-refractivity contribution in [1.82, 2.24) is 14.7 Å². The monoisotopic (exact) mass is 293 g/mol. The second kappa shape index (κ2) is 7.41. The molecule has 4 heteroatoms. The van der Waals surface area contributed by atoms with Gasteiger partial charge in [-0.25, -0.2) is 0 Å². The van der Waals surface area contributed by atoms with Gasteiger partial charge in [-0.3, -0.25) is 4.68 Å². The van der Waals surface area contributed by atoms with Gasteiger partial charge in [0, 0.05) is 19.2 Å². The highest BCUT2D eigenvalue weighted by molar-refractivity contribution is 5.05. The maximum atomic E-state index is 10.9. The van der Waals surface area contributed by atoms with E-state index in [1.807, 2.05) is 0 Å². The van der Waals surface area contributed by atoms with Crippen LogP contribution in [0.15, 0.2) is 12.3 Å². The first-order valence-electron chi connectivity index (χ1n) is 8.59. The van der Waals surface area contributed by atoms with Crippen LogP contribution in [0.25, 0.3) is 0 Å². The number of rotatable bonds is 6. The van der Waals surface area contributed by atoms with Gasteiger partial charge in [-0.2, -0.15) is 5.10 Å². The summed E-state index contributed by atoms with van der Waals surface area (Å²) in [5.41, 5.74) is 0.464. The fraction of sp³-hybridized carbons (Fsp3) is 0.824. The summed E-state index contributed by atoms with van der Waals surface area (Å²) in [6, 6.07) is 2.57. The van der Waals surface area contributed by atoms with E-state index in [4.69, 9.17) is 5.10 Å². The van der Waals surface area contributed by atoms with Crippen LogP contribution in [0.1, 0.15) is 64.6 Å². The Morgan fingerprint density at radius 2 is 2.00 bits per heavy atom. The summed E-state index contributed by atoms with van der Waals surface area (Å²) in [7, 11) is 0. The van der Waals surface area contributed by atoms with Crippen LogP contribution in [0, 0.1) is 0 Å². The number of likely N-dealkylation sites (tertiary alicyclic amines) is 1. The van der Waals surface area contributed by atoms with Crippen molar-refractivity contribution in [2.45, 2.75) is 70.9 Å². The van der Waals surface area contributed by atoms with Gasteiger partial charge in [0.15, 0.2) is 0 Å². The van der Waals surface area contributed by atoms with Gasteiger partial charge in [0.25, 0.3) is 0 Å². The van der Waals surface area contributed by atoms with Crippen molar-refractivity contribution in [2.75, 3.05) is 19.6 Å². The largest absolute Gasteiger partial charge is 0.389 e. The van der Waals surface area contributed by atoms with Crippen molar-refractivity contribution in [3.8, 4) is 0 Å². The Balaban J connectivity index is 2.00. The Hall–Kier alpha value is -0.870. The zero-order valence-electron chi connectivity index (χ0n) is 13.9. The van der Waals surface area contributed by atoms with E-state index < -0.39 is 5.60 Å². The number of hydrogen-bond acceptors (Lipinski definition) is 3. The quantitative estimate of drug-likeness (QED) is 0.876. The van der Waals surface area contributed by atoms with E-state index in [2.05, 4.69) is 42.6 Å². The predicted molar refractivity (Wildman–Crippen MR) is 86.5 cm³/mol. The van der Waals surface area contributed by atoms with Crippen LogP contribution in [0.4, 0.5) is 0 Å². The maximum Gasteiger partial charge on any atom is 0.0716 e. The summed E-state index contributed by atoms with van der Waals surface area (Å²) >= 11 is 0. The molecular formula is C17H31N3O. The minimum atomic E-state index is -0.572. The molecule has 4 nitrogen and oxygen atoms in total. The van der Waals surface area contributed by atoms with Crippen LogP contribution in [-0.2, 0) is 6.42 Å². The Morgan fingerprint density at radius 1 is 1.24 bits per heavy atom. The standard InChI is InChI=1S/C17H31N3O/c1-4-16(5-2)20-12-8-15(18-20)14-17(21)9-7-11-19(6-3)13-10-17/h8,12,16,21H,4-7,9-11,13-14H2,1-3H3. The third-order valence-electron chi connectivity index (χ3n) is 4.95. The van der Waals surface area contributed by atoms with E-state index in [0.717, 1.165) is 57.4 Å². The SMILES string of the molecule is CCC(CC)n1ccc(CC2(O)CCCN(CC)CC2)n1. The van der Waals surface area contributed by atoms with Gasteiger partial charge in [-0.15, -0.1) is 0 Å². The summed E-state index contributed by atoms with van der Waals surface area (Å²) in [5.74, 6) is 0. The molecule has 1 aliphatic heterocycles. The molecule has 0 aromatic carbocycles. The van der Waals surface area contributed by atoms with Crippen LogP contribution in [0.5, 0.6) is 0 Å². The topological polar surface area (TPSA) is 41.3 Å². The first kappa shape index (κ1) is 16.5. The van der Waals surface area contributed by atoms with Gasteiger partial charge in [0.05, 0.1) is 17.3 Å². The molecular weight excluding hydrogens is 262 g/mol. The Kier molecular flexibility index (Phi) is 5.82. The Bertz CT molecular complexity index is 427. The molecule has 1 N–H and O–H groups in total. The lowest BCUT2D eigenvalue weighted by Gasteiger charge is -2.26. The number of aliphatic hydroxyl groups is 1. The average Bonchev–Trinajstić information content (AvgIpc) is 2.83. The third kappa shape index (κ3) is 4.30. The van der Waals surface area contributed by atoms with Crippen molar-refractivity contribution < 1.29 is 5.11 Å². The lowest BCUT2D eigenvalue weighted by atomic mass is 9.90. The highest BCUT2D eigenvalue weighted by Crippen LogP contribution is 2.26. The highest BCUT2D eigenvalue weighted by atomic mass is 16.3. The van der Waals surface area contributed by atoms with Crippen LogP contribution in [0.3, 0.4) is 0 Å². The molecule has 0 amide bonds. The fourth-order valence-electron chi connectivity index (χ4n) is 3.40. The number of hydrogen-bond donors (Lipinski definition) is 1. The van der Waals surface area contributed by atoms with Crippen molar-refractivity contribution >= 4 is 0 Å². The van der Waals surface area contributed by atoms with Gasteiger partial charge in [-0.05, 0) is 51.3 Å². The van der Waals surface area contributed by atoms with Crippen LogP contribution in [-0.4, -0.2) is 45.0 Å². The second-order valence-electron chi connectivity index (χ2n) is 6.45. The van der Waals surface area contributed by atoms with Gasteiger partial charge in [0.2, 0.25) is 0 Å². The summed E-state index contributed by atoms with van der Waals surface area (Å²) < 4.78 is 2.08. The third-order valence-corrected chi connectivity index (χ3v) is 4.95. The first-order chi connectivity index (χ1) is 10.1.